The van der Waals surface area contributed by atoms with E-state index in [9.17, 15) is 0 Å². The third kappa shape index (κ3) is 1.68. The van der Waals surface area contributed by atoms with Gasteiger partial charge in [-0.1, -0.05) is 31.2 Å². The smallest absolute Gasteiger partial charge is 0.0497 e. The molecule has 0 spiro atoms. The summed E-state index contributed by atoms with van der Waals surface area (Å²) in [6.07, 6.45) is 2.17. The average molecular weight is 191 g/mol. The standard InChI is InChI=1S/C12H17NO/c1-9(8-14)10-3-2-4-11(7-10)12(13)5-6-12/h2-4,7,9,14H,5-6,8,13H2,1H3. The molecule has 1 aromatic rings. The fourth-order valence-electron chi connectivity index (χ4n) is 1.68. The Bertz CT molecular complexity index is 331. The number of hydrogen-bond acceptors (Lipinski definition) is 2. The highest BCUT2D eigenvalue weighted by molar-refractivity contribution is 5.34. The Kier molecular flexibility index (Phi) is 2.33. The molecule has 0 saturated heterocycles. The number of hydrogen-bond donors (Lipinski definition) is 2. The Balaban J connectivity index is 2.27. The number of benzene rings is 1. The fourth-order valence-corrected chi connectivity index (χ4v) is 1.68. The van der Waals surface area contributed by atoms with E-state index in [1.165, 1.54) is 11.1 Å². The highest BCUT2D eigenvalue weighted by Gasteiger charge is 2.39. The van der Waals surface area contributed by atoms with Crippen molar-refractivity contribution in [1.29, 1.82) is 0 Å². The molecule has 1 unspecified atom stereocenters. The first kappa shape index (κ1) is 9.69. The molecule has 1 atom stereocenters. The van der Waals surface area contributed by atoms with Gasteiger partial charge in [-0.25, -0.2) is 0 Å². The SMILES string of the molecule is CC(CO)c1cccc(C2(N)CC2)c1. The van der Waals surface area contributed by atoms with Crippen LogP contribution in [0.1, 0.15) is 36.8 Å². The lowest BCUT2D eigenvalue weighted by atomic mass is 9.96. The van der Waals surface area contributed by atoms with Gasteiger partial charge in [0, 0.05) is 18.1 Å². The summed E-state index contributed by atoms with van der Waals surface area (Å²) in [4.78, 5) is 0. The first-order chi connectivity index (χ1) is 6.65. The largest absolute Gasteiger partial charge is 0.396 e. The zero-order chi connectivity index (χ0) is 10.2. The van der Waals surface area contributed by atoms with Crippen LogP contribution in [0.25, 0.3) is 0 Å². The van der Waals surface area contributed by atoms with Gasteiger partial charge in [0.05, 0.1) is 0 Å². The van der Waals surface area contributed by atoms with E-state index in [0.717, 1.165) is 12.8 Å². The van der Waals surface area contributed by atoms with Gasteiger partial charge >= 0.3 is 0 Å². The van der Waals surface area contributed by atoms with Crippen LogP contribution in [0.3, 0.4) is 0 Å². The van der Waals surface area contributed by atoms with Crippen molar-refractivity contribution in [3.05, 3.63) is 35.4 Å². The second-order valence-electron chi connectivity index (χ2n) is 4.37. The molecular formula is C12H17NO. The molecule has 0 heterocycles. The number of rotatable bonds is 3. The first-order valence-corrected chi connectivity index (χ1v) is 5.16. The third-order valence-corrected chi connectivity index (χ3v) is 3.09. The van der Waals surface area contributed by atoms with Gasteiger partial charge in [-0.3, -0.25) is 0 Å². The van der Waals surface area contributed by atoms with E-state index in [4.69, 9.17) is 10.8 Å². The summed E-state index contributed by atoms with van der Waals surface area (Å²) in [7, 11) is 0. The maximum atomic E-state index is 9.07. The van der Waals surface area contributed by atoms with Crippen molar-refractivity contribution in [2.75, 3.05) is 6.61 Å². The van der Waals surface area contributed by atoms with Crippen molar-refractivity contribution in [2.24, 2.45) is 5.73 Å². The molecular weight excluding hydrogens is 174 g/mol. The normalized spacial score (nSPS) is 20.5. The van der Waals surface area contributed by atoms with Crippen molar-refractivity contribution in [2.45, 2.75) is 31.2 Å². The summed E-state index contributed by atoms with van der Waals surface area (Å²) in [5, 5.41) is 9.07. The van der Waals surface area contributed by atoms with E-state index in [2.05, 4.69) is 18.2 Å². The van der Waals surface area contributed by atoms with E-state index in [1.807, 2.05) is 13.0 Å². The van der Waals surface area contributed by atoms with Crippen LogP contribution >= 0.6 is 0 Å². The van der Waals surface area contributed by atoms with Crippen LogP contribution in [0.4, 0.5) is 0 Å². The molecule has 0 bridgehead atoms. The molecule has 2 nitrogen and oxygen atoms in total. The van der Waals surface area contributed by atoms with Crippen LogP contribution in [-0.2, 0) is 5.54 Å². The van der Waals surface area contributed by atoms with Gasteiger partial charge in [-0.05, 0) is 24.0 Å². The molecule has 1 aliphatic carbocycles. The summed E-state index contributed by atoms with van der Waals surface area (Å²) in [5.41, 5.74) is 8.45. The molecule has 1 saturated carbocycles. The molecule has 2 rings (SSSR count). The summed E-state index contributed by atoms with van der Waals surface area (Å²) in [5.74, 6) is 0.206. The van der Waals surface area contributed by atoms with E-state index in [1.54, 1.807) is 0 Å². The van der Waals surface area contributed by atoms with E-state index in [0.29, 0.717) is 0 Å². The monoisotopic (exact) mass is 191 g/mol. The highest BCUT2D eigenvalue weighted by Crippen LogP contribution is 2.43. The van der Waals surface area contributed by atoms with Gasteiger partial charge in [0.1, 0.15) is 0 Å². The number of aliphatic hydroxyl groups is 1. The van der Waals surface area contributed by atoms with Crippen molar-refractivity contribution < 1.29 is 5.11 Å². The first-order valence-electron chi connectivity index (χ1n) is 5.16. The van der Waals surface area contributed by atoms with Crippen molar-refractivity contribution in [3.8, 4) is 0 Å². The Hall–Kier alpha value is -0.860. The molecule has 1 fully saturated rings. The molecule has 2 heteroatoms. The minimum Gasteiger partial charge on any atom is -0.396 e. The second-order valence-corrected chi connectivity index (χ2v) is 4.37. The van der Waals surface area contributed by atoms with Gasteiger partial charge in [-0.2, -0.15) is 0 Å². The maximum Gasteiger partial charge on any atom is 0.0497 e. The second kappa shape index (κ2) is 3.37. The van der Waals surface area contributed by atoms with Gasteiger partial charge in [0.25, 0.3) is 0 Å². The lowest BCUT2D eigenvalue weighted by molar-refractivity contribution is 0.273. The molecule has 0 aliphatic heterocycles. The third-order valence-electron chi connectivity index (χ3n) is 3.09. The molecule has 0 aromatic heterocycles. The van der Waals surface area contributed by atoms with Crippen molar-refractivity contribution in [3.63, 3.8) is 0 Å². The van der Waals surface area contributed by atoms with Gasteiger partial charge < -0.3 is 10.8 Å². The Morgan fingerprint density at radius 3 is 2.79 bits per heavy atom. The Morgan fingerprint density at radius 1 is 1.50 bits per heavy atom. The van der Waals surface area contributed by atoms with Crippen LogP contribution < -0.4 is 5.73 Å². The highest BCUT2D eigenvalue weighted by atomic mass is 16.3. The predicted octanol–water partition coefficient (Wildman–Crippen LogP) is 1.73. The lowest BCUT2D eigenvalue weighted by Crippen LogP contribution is -2.18. The molecule has 0 radical (unpaired) electrons. The topological polar surface area (TPSA) is 46.2 Å². The Morgan fingerprint density at radius 2 is 2.21 bits per heavy atom. The maximum absolute atomic E-state index is 9.07. The molecule has 14 heavy (non-hydrogen) atoms. The zero-order valence-corrected chi connectivity index (χ0v) is 8.53. The van der Waals surface area contributed by atoms with Crippen LogP contribution in [-0.4, -0.2) is 11.7 Å². The molecule has 1 aromatic carbocycles. The molecule has 3 N–H and O–H groups in total. The predicted molar refractivity (Wildman–Crippen MR) is 57.0 cm³/mol. The zero-order valence-electron chi connectivity index (χ0n) is 8.53. The Labute approximate surface area is 84.7 Å². The molecule has 76 valence electrons. The fraction of sp³-hybridized carbons (Fsp3) is 0.500. The minimum atomic E-state index is -0.0643. The van der Waals surface area contributed by atoms with Crippen molar-refractivity contribution >= 4 is 0 Å². The summed E-state index contributed by atoms with van der Waals surface area (Å²) < 4.78 is 0. The molecule has 1 aliphatic rings. The summed E-state index contributed by atoms with van der Waals surface area (Å²) in [6.45, 7) is 2.22. The van der Waals surface area contributed by atoms with E-state index >= 15 is 0 Å². The van der Waals surface area contributed by atoms with Crippen LogP contribution in [0.15, 0.2) is 24.3 Å². The number of nitrogens with two attached hydrogens (primary N) is 1. The lowest BCUT2D eigenvalue weighted by Gasteiger charge is -2.13. The van der Waals surface area contributed by atoms with Gasteiger partial charge in [0.15, 0.2) is 0 Å². The quantitative estimate of drug-likeness (QED) is 0.764. The summed E-state index contributed by atoms with van der Waals surface area (Å²) >= 11 is 0. The van der Waals surface area contributed by atoms with Crippen LogP contribution in [0.2, 0.25) is 0 Å². The average Bonchev–Trinajstić information content (AvgIpc) is 2.97. The van der Waals surface area contributed by atoms with Crippen LogP contribution in [0.5, 0.6) is 0 Å². The van der Waals surface area contributed by atoms with E-state index < -0.39 is 0 Å². The number of aliphatic hydroxyl groups excluding tert-OH is 1. The van der Waals surface area contributed by atoms with Crippen molar-refractivity contribution in [1.82, 2.24) is 0 Å². The van der Waals surface area contributed by atoms with E-state index in [-0.39, 0.29) is 18.1 Å². The van der Waals surface area contributed by atoms with Gasteiger partial charge in [-0.15, -0.1) is 0 Å². The minimum absolute atomic E-state index is 0.0643. The summed E-state index contributed by atoms with van der Waals surface area (Å²) in [6, 6.07) is 8.30. The van der Waals surface area contributed by atoms with Crippen LogP contribution in [0, 0.1) is 0 Å². The molecule has 0 amide bonds. The van der Waals surface area contributed by atoms with Gasteiger partial charge in [0.2, 0.25) is 0 Å².